The summed E-state index contributed by atoms with van der Waals surface area (Å²) in [6.45, 7) is 3.12. The third kappa shape index (κ3) is 5.46. The van der Waals surface area contributed by atoms with Gasteiger partial charge in [0.25, 0.3) is 0 Å². The predicted molar refractivity (Wildman–Crippen MR) is 69.5 cm³/mol. The molecular weight excluding hydrogens is 232 g/mol. The van der Waals surface area contributed by atoms with Gasteiger partial charge >= 0.3 is 0 Å². The van der Waals surface area contributed by atoms with E-state index in [9.17, 15) is 9.59 Å². The molecule has 6 nitrogen and oxygen atoms in total. The fourth-order valence-electron chi connectivity index (χ4n) is 2.12. The van der Waals surface area contributed by atoms with Crippen molar-refractivity contribution in [2.45, 2.75) is 32.1 Å². The number of likely N-dealkylation sites (N-methyl/N-ethyl adjacent to an activating group) is 1. The van der Waals surface area contributed by atoms with Crippen molar-refractivity contribution in [1.29, 1.82) is 0 Å². The molecule has 104 valence electrons. The van der Waals surface area contributed by atoms with E-state index in [1.54, 1.807) is 0 Å². The predicted octanol–water partition coefficient (Wildman–Crippen LogP) is -0.299. The Balaban J connectivity index is 2.07. The van der Waals surface area contributed by atoms with Crippen LogP contribution in [0.5, 0.6) is 0 Å². The second-order valence-electron chi connectivity index (χ2n) is 4.85. The number of amides is 2. The van der Waals surface area contributed by atoms with E-state index in [1.165, 1.54) is 0 Å². The first kappa shape index (κ1) is 14.9. The Hall–Kier alpha value is -1.14. The van der Waals surface area contributed by atoms with Gasteiger partial charge in [0.05, 0.1) is 6.54 Å². The number of nitrogens with one attached hydrogen (secondary N) is 1. The lowest BCUT2D eigenvalue weighted by Gasteiger charge is -2.20. The highest BCUT2D eigenvalue weighted by molar-refractivity contribution is 5.78. The Morgan fingerprint density at radius 3 is 2.56 bits per heavy atom. The minimum atomic E-state index is -0.134. The van der Waals surface area contributed by atoms with Crippen molar-refractivity contribution in [1.82, 2.24) is 15.2 Å². The number of hydrazine groups is 1. The molecule has 0 spiro atoms. The van der Waals surface area contributed by atoms with E-state index in [4.69, 9.17) is 5.84 Å². The molecule has 1 fully saturated rings. The topological polar surface area (TPSA) is 78.7 Å². The molecule has 0 aromatic rings. The second-order valence-corrected chi connectivity index (χ2v) is 4.85. The van der Waals surface area contributed by atoms with Crippen LogP contribution < -0.4 is 11.3 Å². The third-order valence-corrected chi connectivity index (χ3v) is 3.22. The van der Waals surface area contributed by atoms with Gasteiger partial charge in [0.15, 0.2) is 0 Å². The maximum atomic E-state index is 11.8. The number of hydrogen-bond donors (Lipinski definition) is 2. The third-order valence-electron chi connectivity index (χ3n) is 3.22. The van der Waals surface area contributed by atoms with E-state index in [1.807, 2.05) is 16.8 Å². The quantitative estimate of drug-likeness (QED) is 0.284. The molecule has 2 amide bonds. The molecule has 0 bridgehead atoms. The lowest BCUT2D eigenvalue weighted by atomic mass is 10.2. The number of nitrogens with zero attached hydrogens (tertiary/aromatic N) is 2. The normalized spacial score (nSPS) is 15.2. The molecule has 6 heteroatoms. The Morgan fingerprint density at radius 2 is 1.94 bits per heavy atom. The standard InChI is InChI=1S/C12H24N4O2/c1-15(7-3-2-6-11(17)14-13)10-12(18)16-8-4-5-9-16/h2-10,13H2,1H3,(H,14,17). The molecular formula is C12H24N4O2. The van der Waals surface area contributed by atoms with Gasteiger partial charge in [-0.25, -0.2) is 5.84 Å². The van der Waals surface area contributed by atoms with Crippen LogP contribution in [0.3, 0.4) is 0 Å². The molecule has 1 heterocycles. The summed E-state index contributed by atoms with van der Waals surface area (Å²) in [5.74, 6) is 5.07. The zero-order valence-electron chi connectivity index (χ0n) is 11.2. The van der Waals surface area contributed by atoms with Crippen molar-refractivity contribution in [2.24, 2.45) is 5.84 Å². The second kappa shape index (κ2) is 8.05. The number of rotatable bonds is 7. The first-order chi connectivity index (χ1) is 8.63. The number of carbonyl (C=O) groups is 2. The van der Waals surface area contributed by atoms with Gasteiger partial charge in [0.1, 0.15) is 0 Å². The maximum absolute atomic E-state index is 11.8. The molecule has 0 radical (unpaired) electrons. The molecule has 1 rings (SSSR count). The van der Waals surface area contributed by atoms with Crippen LogP contribution in [0.15, 0.2) is 0 Å². The molecule has 1 aliphatic rings. The van der Waals surface area contributed by atoms with Crippen molar-refractivity contribution >= 4 is 11.8 Å². The monoisotopic (exact) mass is 256 g/mol. The molecule has 1 saturated heterocycles. The minimum absolute atomic E-state index is 0.134. The summed E-state index contributed by atoms with van der Waals surface area (Å²) in [6, 6.07) is 0. The van der Waals surface area contributed by atoms with E-state index in [2.05, 4.69) is 5.43 Å². The van der Waals surface area contributed by atoms with Crippen LogP contribution in [-0.4, -0.2) is 54.8 Å². The van der Waals surface area contributed by atoms with Crippen LogP contribution in [0.4, 0.5) is 0 Å². The summed E-state index contributed by atoms with van der Waals surface area (Å²) in [5, 5.41) is 0. The Labute approximate surface area is 108 Å². The minimum Gasteiger partial charge on any atom is -0.342 e. The van der Waals surface area contributed by atoms with Crippen molar-refractivity contribution < 1.29 is 9.59 Å². The van der Waals surface area contributed by atoms with E-state index < -0.39 is 0 Å². The number of carbonyl (C=O) groups excluding carboxylic acids is 2. The number of hydrogen-bond acceptors (Lipinski definition) is 4. The first-order valence-corrected chi connectivity index (χ1v) is 6.59. The Morgan fingerprint density at radius 1 is 1.28 bits per heavy atom. The highest BCUT2D eigenvalue weighted by Crippen LogP contribution is 2.08. The number of unbranched alkanes of at least 4 members (excludes halogenated alkanes) is 1. The van der Waals surface area contributed by atoms with Crippen LogP contribution in [0, 0.1) is 0 Å². The molecule has 0 aromatic heterocycles. The van der Waals surface area contributed by atoms with Crippen molar-refractivity contribution in [3.05, 3.63) is 0 Å². The van der Waals surface area contributed by atoms with Crippen LogP contribution in [0.25, 0.3) is 0 Å². The van der Waals surface area contributed by atoms with Gasteiger partial charge < -0.3 is 4.90 Å². The summed E-state index contributed by atoms with van der Waals surface area (Å²) in [4.78, 5) is 26.7. The van der Waals surface area contributed by atoms with E-state index in [0.717, 1.165) is 45.3 Å². The van der Waals surface area contributed by atoms with Crippen LogP contribution >= 0.6 is 0 Å². The molecule has 1 aliphatic heterocycles. The van der Waals surface area contributed by atoms with Crippen molar-refractivity contribution in [3.8, 4) is 0 Å². The zero-order chi connectivity index (χ0) is 13.4. The molecule has 0 aromatic carbocycles. The summed E-state index contributed by atoms with van der Waals surface area (Å²) >= 11 is 0. The number of likely N-dealkylation sites (tertiary alicyclic amines) is 1. The molecule has 0 atom stereocenters. The van der Waals surface area contributed by atoms with Gasteiger partial charge in [-0.3, -0.25) is 19.9 Å². The fourth-order valence-corrected chi connectivity index (χ4v) is 2.12. The van der Waals surface area contributed by atoms with Crippen LogP contribution in [0.1, 0.15) is 32.1 Å². The van der Waals surface area contributed by atoms with Gasteiger partial charge in [-0.1, -0.05) is 0 Å². The highest BCUT2D eigenvalue weighted by atomic mass is 16.2. The average Bonchev–Trinajstić information content (AvgIpc) is 2.88. The van der Waals surface area contributed by atoms with Crippen molar-refractivity contribution in [3.63, 3.8) is 0 Å². The average molecular weight is 256 g/mol. The lowest BCUT2D eigenvalue weighted by Crippen LogP contribution is -2.37. The highest BCUT2D eigenvalue weighted by Gasteiger charge is 2.18. The van der Waals surface area contributed by atoms with E-state index in [-0.39, 0.29) is 11.8 Å². The molecule has 18 heavy (non-hydrogen) atoms. The zero-order valence-corrected chi connectivity index (χ0v) is 11.2. The van der Waals surface area contributed by atoms with Gasteiger partial charge in [0, 0.05) is 19.5 Å². The van der Waals surface area contributed by atoms with Gasteiger partial charge in [-0.15, -0.1) is 0 Å². The molecule has 0 aliphatic carbocycles. The summed E-state index contributed by atoms with van der Waals surface area (Å²) in [7, 11) is 1.94. The summed E-state index contributed by atoms with van der Waals surface area (Å²) in [6.07, 6.45) is 4.40. The lowest BCUT2D eigenvalue weighted by molar-refractivity contribution is -0.131. The Bertz CT molecular complexity index is 277. The smallest absolute Gasteiger partial charge is 0.236 e. The summed E-state index contributed by atoms with van der Waals surface area (Å²) in [5.41, 5.74) is 2.11. The molecule has 0 unspecified atom stereocenters. The SMILES string of the molecule is CN(CCCCC(=O)NN)CC(=O)N1CCCC1. The van der Waals surface area contributed by atoms with E-state index in [0.29, 0.717) is 13.0 Å². The molecule has 3 N–H and O–H groups in total. The van der Waals surface area contributed by atoms with Gasteiger partial charge in [0.2, 0.25) is 11.8 Å². The fraction of sp³-hybridized carbons (Fsp3) is 0.833. The van der Waals surface area contributed by atoms with E-state index >= 15 is 0 Å². The van der Waals surface area contributed by atoms with Gasteiger partial charge in [-0.2, -0.15) is 0 Å². The van der Waals surface area contributed by atoms with Crippen LogP contribution in [-0.2, 0) is 9.59 Å². The molecule has 0 saturated carbocycles. The van der Waals surface area contributed by atoms with Gasteiger partial charge in [-0.05, 0) is 39.3 Å². The summed E-state index contributed by atoms with van der Waals surface area (Å²) < 4.78 is 0. The largest absolute Gasteiger partial charge is 0.342 e. The maximum Gasteiger partial charge on any atom is 0.236 e. The van der Waals surface area contributed by atoms with Crippen molar-refractivity contribution in [2.75, 3.05) is 33.2 Å². The Kier molecular flexibility index (Phi) is 6.67. The number of nitrogens with two attached hydrogens (primary N) is 1. The first-order valence-electron chi connectivity index (χ1n) is 6.59. The van der Waals surface area contributed by atoms with Crippen LogP contribution in [0.2, 0.25) is 0 Å².